The topological polar surface area (TPSA) is 98.7 Å². The number of benzene rings is 1. The zero-order chi connectivity index (χ0) is 25.7. The van der Waals surface area contributed by atoms with E-state index in [2.05, 4.69) is 35.4 Å². The standard InChI is InChI=1S/C24H31ClN8O2S/c1-16-6-5-7-18(25)22(16)30-23(34)19-15-26-24(36-19)29-20-14-21(28-17(2)27-20)33-10-8-32(9-11-33)12-13-35-31(3)4/h5-7,14-15H,8-13H2,1-4H3,(H,30,34)(H,26,27,28,29). The maximum absolute atomic E-state index is 12.8. The molecule has 0 radical (unpaired) electrons. The Hall–Kier alpha value is -2.83. The third-order valence-electron chi connectivity index (χ3n) is 5.70. The molecule has 0 bridgehead atoms. The van der Waals surface area contributed by atoms with Gasteiger partial charge in [0.1, 0.15) is 22.3 Å². The fourth-order valence-electron chi connectivity index (χ4n) is 3.84. The Morgan fingerprint density at radius 1 is 1.19 bits per heavy atom. The van der Waals surface area contributed by atoms with Crippen molar-refractivity contribution in [2.75, 3.05) is 69.0 Å². The molecule has 1 fully saturated rings. The van der Waals surface area contributed by atoms with Crippen molar-refractivity contribution in [3.63, 3.8) is 0 Å². The van der Waals surface area contributed by atoms with Gasteiger partial charge in [0.05, 0.1) is 23.5 Å². The second-order valence-corrected chi connectivity index (χ2v) is 10.1. The van der Waals surface area contributed by atoms with E-state index >= 15 is 0 Å². The van der Waals surface area contributed by atoms with Gasteiger partial charge in [0.2, 0.25) is 0 Å². The van der Waals surface area contributed by atoms with Crippen molar-refractivity contribution < 1.29 is 9.63 Å². The molecule has 1 aliphatic heterocycles. The molecule has 1 aromatic carbocycles. The normalized spacial score (nSPS) is 14.3. The van der Waals surface area contributed by atoms with Crippen LogP contribution in [0, 0.1) is 13.8 Å². The molecule has 3 aromatic rings. The van der Waals surface area contributed by atoms with Crippen molar-refractivity contribution in [2.24, 2.45) is 0 Å². The predicted octanol–water partition coefficient (Wildman–Crippen LogP) is 3.81. The van der Waals surface area contributed by atoms with E-state index in [4.69, 9.17) is 16.4 Å². The van der Waals surface area contributed by atoms with Crippen LogP contribution in [0.4, 0.5) is 22.5 Å². The van der Waals surface area contributed by atoms with E-state index in [9.17, 15) is 4.79 Å². The highest BCUT2D eigenvalue weighted by Gasteiger charge is 2.20. The second-order valence-electron chi connectivity index (χ2n) is 8.67. The highest BCUT2D eigenvalue weighted by molar-refractivity contribution is 7.17. The van der Waals surface area contributed by atoms with Crippen molar-refractivity contribution in [2.45, 2.75) is 13.8 Å². The number of carbonyl (C=O) groups is 1. The first kappa shape index (κ1) is 26.2. The van der Waals surface area contributed by atoms with Gasteiger partial charge in [-0.25, -0.2) is 15.0 Å². The van der Waals surface area contributed by atoms with E-state index in [0.29, 0.717) is 39.0 Å². The summed E-state index contributed by atoms with van der Waals surface area (Å²) in [7, 11) is 3.79. The van der Waals surface area contributed by atoms with Gasteiger partial charge in [-0.15, -0.1) is 0 Å². The van der Waals surface area contributed by atoms with Crippen LogP contribution in [0.15, 0.2) is 30.5 Å². The molecule has 0 aliphatic carbocycles. The fraction of sp³-hybridized carbons (Fsp3) is 0.417. The largest absolute Gasteiger partial charge is 0.354 e. The van der Waals surface area contributed by atoms with Crippen molar-refractivity contribution >= 4 is 51.3 Å². The molecule has 10 nitrogen and oxygen atoms in total. The number of aromatic nitrogens is 3. The molecule has 12 heteroatoms. The maximum atomic E-state index is 12.8. The molecule has 0 saturated carbocycles. The number of carbonyl (C=O) groups excluding carboxylic acids is 1. The number of rotatable bonds is 9. The Morgan fingerprint density at radius 3 is 2.69 bits per heavy atom. The molecule has 0 atom stereocenters. The molecule has 1 aliphatic rings. The van der Waals surface area contributed by atoms with Crippen LogP contribution in [0.25, 0.3) is 0 Å². The molecular weight excluding hydrogens is 500 g/mol. The number of nitrogens with zero attached hydrogens (tertiary/aromatic N) is 6. The van der Waals surface area contributed by atoms with Crippen molar-refractivity contribution in [3.05, 3.63) is 51.7 Å². The number of para-hydroxylation sites is 1. The van der Waals surface area contributed by atoms with Crippen LogP contribution in [0.2, 0.25) is 5.02 Å². The van der Waals surface area contributed by atoms with Crippen molar-refractivity contribution in [1.29, 1.82) is 0 Å². The van der Waals surface area contributed by atoms with E-state index in [1.807, 2.05) is 46.1 Å². The van der Waals surface area contributed by atoms with E-state index < -0.39 is 0 Å². The SMILES string of the molecule is Cc1nc(Nc2ncc(C(=O)Nc3c(C)cccc3Cl)s2)cc(N2CCN(CCON(C)C)CC2)n1. The molecule has 2 N–H and O–H groups in total. The number of anilines is 4. The molecule has 192 valence electrons. The van der Waals surface area contributed by atoms with E-state index in [1.54, 1.807) is 17.3 Å². The lowest BCUT2D eigenvalue weighted by atomic mass is 10.2. The zero-order valence-corrected chi connectivity index (χ0v) is 22.5. The number of hydrogen-bond acceptors (Lipinski definition) is 10. The van der Waals surface area contributed by atoms with Gasteiger partial charge in [-0.2, -0.15) is 5.06 Å². The summed E-state index contributed by atoms with van der Waals surface area (Å²) in [4.78, 5) is 36.9. The van der Waals surface area contributed by atoms with E-state index in [1.165, 1.54) is 11.3 Å². The summed E-state index contributed by atoms with van der Waals surface area (Å²) in [6, 6.07) is 7.42. The second kappa shape index (κ2) is 11.9. The van der Waals surface area contributed by atoms with Gasteiger partial charge in [-0.3, -0.25) is 14.5 Å². The Kier molecular flexibility index (Phi) is 8.70. The molecule has 1 saturated heterocycles. The first-order valence-electron chi connectivity index (χ1n) is 11.7. The molecule has 2 aromatic heterocycles. The van der Waals surface area contributed by atoms with Crippen molar-refractivity contribution in [3.8, 4) is 0 Å². The molecule has 3 heterocycles. The van der Waals surface area contributed by atoms with E-state index in [-0.39, 0.29) is 5.91 Å². The van der Waals surface area contributed by atoms with Gasteiger partial charge >= 0.3 is 0 Å². The van der Waals surface area contributed by atoms with Crippen LogP contribution in [0.1, 0.15) is 21.1 Å². The van der Waals surface area contributed by atoms with Gasteiger partial charge in [0.15, 0.2) is 5.13 Å². The summed E-state index contributed by atoms with van der Waals surface area (Å²) < 4.78 is 0. The molecule has 1 amide bonds. The Labute approximate surface area is 220 Å². The van der Waals surface area contributed by atoms with Gasteiger partial charge in [-0.05, 0) is 25.5 Å². The third-order valence-corrected chi connectivity index (χ3v) is 6.93. The van der Waals surface area contributed by atoms with Gasteiger partial charge in [0, 0.05) is 52.9 Å². The number of aryl methyl sites for hydroxylation is 2. The average Bonchev–Trinajstić information content (AvgIpc) is 3.30. The highest BCUT2D eigenvalue weighted by atomic mass is 35.5. The Morgan fingerprint density at radius 2 is 1.97 bits per heavy atom. The van der Waals surface area contributed by atoms with Crippen LogP contribution in [-0.2, 0) is 4.84 Å². The fourth-order valence-corrected chi connectivity index (χ4v) is 4.83. The lowest BCUT2D eigenvalue weighted by molar-refractivity contribution is -0.123. The highest BCUT2D eigenvalue weighted by Crippen LogP contribution is 2.28. The van der Waals surface area contributed by atoms with E-state index in [0.717, 1.165) is 44.1 Å². The number of nitrogens with one attached hydrogen (secondary N) is 2. The summed E-state index contributed by atoms with van der Waals surface area (Å²) in [6.45, 7) is 8.99. The van der Waals surface area contributed by atoms with Crippen LogP contribution in [-0.4, -0.2) is 84.2 Å². The number of halogens is 1. The molecule has 4 rings (SSSR count). The average molecular weight is 531 g/mol. The van der Waals surface area contributed by atoms with Gasteiger partial charge < -0.3 is 15.5 Å². The number of amides is 1. The Bertz CT molecular complexity index is 1180. The van der Waals surface area contributed by atoms with Gasteiger partial charge in [0.25, 0.3) is 5.91 Å². The third kappa shape index (κ3) is 6.89. The number of hydrogen-bond donors (Lipinski definition) is 2. The first-order valence-corrected chi connectivity index (χ1v) is 12.9. The number of hydroxylamine groups is 2. The summed E-state index contributed by atoms with van der Waals surface area (Å²) in [6.07, 6.45) is 1.54. The van der Waals surface area contributed by atoms with Crippen LogP contribution >= 0.6 is 22.9 Å². The lowest BCUT2D eigenvalue weighted by Gasteiger charge is -2.35. The Balaban J connectivity index is 1.37. The zero-order valence-electron chi connectivity index (χ0n) is 20.9. The molecule has 0 unspecified atom stereocenters. The predicted molar refractivity (Wildman–Crippen MR) is 145 cm³/mol. The molecule has 36 heavy (non-hydrogen) atoms. The molecule has 0 spiro atoms. The number of piperazine rings is 1. The summed E-state index contributed by atoms with van der Waals surface area (Å²) in [5.41, 5.74) is 1.50. The monoisotopic (exact) mass is 530 g/mol. The lowest BCUT2D eigenvalue weighted by Crippen LogP contribution is -2.47. The van der Waals surface area contributed by atoms with Crippen LogP contribution < -0.4 is 15.5 Å². The summed E-state index contributed by atoms with van der Waals surface area (Å²) in [5, 5.41) is 8.91. The minimum absolute atomic E-state index is 0.259. The maximum Gasteiger partial charge on any atom is 0.267 e. The first-order chi connectivity index (χ1) is 17.3. The molecular formula is C24H31ClN8O2S. The van der Waals surface area contributed by atoms with Crippen LogP contribution in [0.3, 0.4) is 0 Å². The minimum atomic E-state index is -0.259. The van der Waals surface area contributed by atoms with Gasteiger partial charge in [-0.1, -0.05) is 35.1 Å². The quantitative estimate of drug-likeness (QED) is 0.400. The van der Waals surface area contributed by atoms with Crippen LogP contribution in [0.5, 0.6) is 0 Å². The minimum Gasteiger partial charge on any atom is -0.354 e. The summed E-state index contributed by atoms with van der Waals surface area (Å²) in [5.74, 6) is 1.92. The number of thiazole rings is 1. The van der Waals surface area contributed by atoms with Crippen molar-refractivity contribution in [1.82, 2.24) is 24.9 Å². The summed E-state index contributed by atoms with van der Waals surface area (Å²) >= 11 is 7.49. The smallest absolute Gasteiger partial charge is 0.267 e.